The van der Waals surface area contributed by atoms with E-state index in [0.717, 1.165) is 18.7 Å². The third-order valence-electron chi connectivity index (χ3n) is 2.70. The van der Waals surface area contributed by atoms with Gasteiger partial charge < -0.3 is 5.32 Å². The fraction of sp³-hybridized carbons (Fsp3) is 0.643. The third-order valence-corrected chi connectivity index (χ3v) is 2.70. The van der Waals surface area contributed by atoms with Crippen LogP contribution in [0.15, 0.2) is 18.3 Å². The smallest absolute Gasteiger partial charge is 0.0581 e. The molecule has 0 aliphatic carbocycles. The van der Waals surface area contributed by atoms with E-state index in [9.17, 15) is 0 Å². The quantitative estimate of drug-likeness (QED) is 0.840. The van der Waals surface area contributed by atoms with E-state index in [1.165, 1.54) is 5.56 Å². The summed E-state index contributed by atoms with van der Waals surface area (Å²) in [6.07, 6.45) is 3.05. The van der Waals surface area contributed by atoms with Gasteiger partial charge in [0.25, 0.3) is 0 Å². The summed E-state index contributed by atoms with van der Waals surface area (Å²) in [5, 5.41) is 3.59. The van der Waals surface area contributed by atoms with Crippen LogP contribution >= 0.6 is 0 Å². The van der Waals surface area contributed by atoms with E-state index < -0.39 is 0 Å². The molecule has 0 bridgehead atoms. The molecule has 0 aliphatic heterocycles. The molecular weight excluding hydrogens is 196 g/mol. The maximum Gasteiger partial charge on any atom is 0.0581 e. The third kappa shape index (κ3) is 3.60. The van der Waals surface area contributed by atoms with Crippen LogP contribution in [0.5, 0.6) is 0 Å². The Kier molecular flexibility index (Phi) is 4.48. The molecule has 0 saturated carbocycles. The second kappa shape index (κ2) is 5.44. The first-order valence-corrected chi connectivity index (χ1v) is 6.11. The van der Waals surface area contributed by atoms with Gasteiger partial charge in [0.15, 0.2) is 0 Å². The molecule has 1 aromatic heterocycles. The Labute approximate surface area is 99.5 Å². The standard InChI is InChI=1S/C14H24N2/c1-6-8-16-13(14(3,4)5)12-10-11(2)7-9-15-12/h7,9-10,13,16H,6,8H2,1-5H3. The van der Waals surface area contributed by atoms with Crippen molar-refractivity contribution in [1.29, 1.82) is 0 Å². The molecule has 1 aromatic rings. The van der Waals surface area contributed by atoms with Gasteiger partial charge in [-0.15, -0.1) is 0 Å². The lowest BCUT2D eigenvalue weighted by atomic mass is 9.84. The zero-order chi connectivity index (χ0) is 12.2. The number of aryl methyl sites for hydroxylation is 1. The highest BCUT2D eigenvalue weighted by atomic mass is 15.0. The first-order valence-electron chi connectivity index (χ1n) is 6.11. The van der Waals surface area contributed by atoms with Crippen LogP contribution in [0.1, 0.15) is 51.4 Å². The summed E-state index contributed by atoms with van der Waals surface area (Å²) in [4.78, 5) is 4.50. The maximum absolute atomic E-state index is 4.50. The maximum atomic E-state index is 4.50. The first kappa shape index (κ1) is 13.2. The predicted molar refractivity (Wildman–Crippen MR) is 69.5 cm³/mol. The van der Waals surface area contributed by atoms with Gasteiger partial charge in [0.2, 0.25) is 0 Å². The summed E-state index contributed by atoms with van der Waals surface area (Å²) in [6.45, 7) is 12.1. The number of nitrogens with zero attached hydrogens (tertiary/aromatic N) is 1. The number of hydrogen-bond donors (Lipinski definition) is 1. The molecule has 1 atom stereocenters. The number of pyridine rings is 1. The molecular formula is C14H24N2. The summed E-state index contributed by atoms with van der Waals surface area (Å²) in [5.41, 5.74) is 2.62. The highest BCUT2D eigenvalue weighted by Crippen LogP contribution is 2.31. The molecule has 1 N–H and O–H groups in total. The monoisotopic (exact) mass is 220 g/mol. The van der Waals surface area contributed by atoms with Gasteiger partial charge in [0, 0.05) is 6.20 Å². The van der Waals surface area contributed by atoms with Gasteiger partial charge >= 0.3 is 0 Å². The zero-order valence-electron chi connectivity index (χ0n) is 11.2. The fourth-order valence-corrected chi connectivity index (χ4v) is 1.86. The molecule has 1 heterocycles. The second-order valence-corrected chi connectivity index (χ2v) is 5.51. The minimum atomic E-state index is 0.190. The SMILES string of the molecule is CCCNC(c1cc(C)ccn1)C(C)(C)C. The molecule has 2 nitrogen and oxygen atoms in total. The van der Waals surface area contributed by atoms with E-state index >= 15 is 0 Å². The lowest BCUT2D eigenvalue weighted by Gasteiger charge is -2.31. The Morgan fingerprint density at radius 1 is 1.38 bits per heavy atom. The lowest BCUT2D eigenvalue weighted by molar-refractivity contribution is 0.268. The Bertz CT molecular complexity index is 326. The van der Waals surface area contributed by atoms with E-state index in [0.29, 0.717) is 6.04 Å². The summed E-state index contributed by atoms with van der Waals surface area (Å²) < 4.78 is 0. The van der Waals surface area contributed by atoms with Crippen LogP contribution < -0.4 is 5.32 Å². The number of aromatic nitrogens is 1. The Morgan fingerprint density at radius 3 is 2.56 bits per heavy atom. The van der Waals surface area contributed by atoms with Crippen molar-refractivity contribution >= 4 is 0 Å². The average molecular weight is 220 g/mol. The lowest BCUT2D eigenvalue weighted by Crippen LogP contribution is -2.33. The van der Waals surface area contributed by atoms with Gasteiger partial charge in [-0.25, -0.2) is 0 Å². The molecule has 0 aromatic carbocycles. The summed E-state index contributed by atoms with van der Waals surface area (Å²) in [6, 6.07) is 4.55. The molecule has 0 fully saturated rings. The van der Waals surface area contributed by atoms with Crippen LogP contribution in [-0.2, 0) is 0 Å². The summed E-state index contributed by atoms with van der Waals surface area (Å²) in [5.74, 6) is 0. The van der Waals surface area contributed by atoms with Gasteiger partial charge in [-0.2, -0.15) is 0 Å². The second-order valence-electron chi connectivity index (χ2n) is 5.51. The van der Waals surface area contributed by atoms with Crippen molar-refractivity contribution in [2.24, 2.45) is 5.41 Å². The number of nitrogens with one attached hydrogen (secondary N) is 1. The van der Waals surface area contributed by atoms with Crippen molar-refractivity contribution in [1.82, 2.24) is 10.3 Å². The van der Waals surface area contributed by atoms with Crippen molar-refractivity contribution in [3.8, 4) is 0 Å². The van der Waals surface area contributed by atoms with Gasteiger partial charge in [0.1, 0.15) is 0 Å². The zero-order valence-corrected chi connectivity index (χ0v) is 11.2. The van der Waals surface area contributed by atoms with E-state index in [-0.39, 0.29) is 5.41 Å². The van der Waals surface area contributed by atoms with E-state index in [4.69, 9.17) is 0 Å². The van der Waals surface area contributed by atoms with Crippen molar-refractivity contribution < 1.29 is 0 Å². The van der Waals surface area contributed by atoms with Crippen LogP contribution in [0.2, 0.25) is 0 Å². The van der Waals surface area contributed by atoms with Crippen LogP contribution in [0.3, 0.4) is 0 Å². The van der Waals surface area contributed by atoms with Crippen LogP contribution in [0.4, 0.5) is 0 Å². The van der Waals surface area contributed by atoms with Gasteiger partial charge in [-0.1, -0.05) is 27.7 Å². The van der Waals surface area contributed by atoms with Crippen molar-refractivity contribution in [3.05, 3.63) is 29.6 Å². The van der Waals surface area contributed by atoms with E-state index in [2.05, 4.69) is 51.0 Å². The predicted octanol–water partition coefficient (Wildman–Crippen LogP) is 3.48. The van der Waals surface area contributed by atoms with E-state index in [1.807, 2.05) is 12.3 Å². The molecule has 1 unspecified atom stereocenters. The molecule has 0 amide bonds. The average Bonchev–Trinajstić information content (AvgIpc) is 2.16. The van der Waals surface area contributed by atoms with Gasteiger partial charge in [-0.3, -0.25) is 4.98 Å². The van der Waals surface area contributed by atoms with E-state index in [1.54, 1.807) is 0 Å². The highest BCUT2D eigenvalue weighted by Gasteiger charge is 2.26. The molecule has 0 aliphatic rings. The van der Waals surface area contributed by atoms with Gasteiger partial charge in [-0.05, 0) is 43.0 Å². The van der Waals surface area contributed by atoms with Gasteiger partial charge in [0.05, 0.1) is 11.7 Å². The fourth-order valence-electron chi connectivity index (χ4n) is 1.86. The normalized spacial score (nSPS) is 13.8. The van der Waals surface area contributed by atoms with Crippen LogP contribution in [0, 0.1) is 12.3 Å². The minimum absolute atomic E-state index is 0.190. The highest BCUT2D eigenvalue weighted by molar-refractivity contribution is 5.18. The minimum Gasteiger partial charge on any atom is -0.308 e. The largest absolute Gasteiger partial charge is 0.308 e. The number of rotatable bonds is 4. The first-order chi connectivity index (χ1) is 7.45. The molecule has 16 heavy (non-hydrogen) atoms. The summed E-state index contributed by atoms with van der Waals surface area (Å²) >= 11 is 0. The van der Waals surface area contributed by atoms with Crippen molar-refractivity contribution in [3.63, 3.8) is 0 Å². The Hall–Kier alpha value is -0.890. The van der Waals surface area contributed by atoms with Crippen LogP contribution in [-0.4, -0.2) is 11.5 Å². The van der Waals surface area contributed by atoms with Crippen molar-refractivity contribution in [2.45, 2.75) is 47.1 Å². The molecule has 0 saturated heterocycles. The molecule has 0 spiro atoms. The Morgan fingerprint density at radius 2 is 2.06 bits per heavy atom. The molecule has 90 valence electrons. The summed E-state index contributed by atoms with van der Waals surface area (Å²) in [7, 11) is 0. The Balaban J connectivity index is 2.92. The molecule has 0 radical (unpaired) electrons. The number of hydrogen-bond acceptors (Lipinski definition) is 2. The van der Waals surface area contributed by atoms with Crippen molar-refractivity contribution in [2.75, 3.05) is 6.54 Å². The topological polar surface area (TPSA) is 24.9 Å². The molecule has 2 heteroatoms. The van der Waals surface area contributed by atoms with Crippen LogP contribution in [0.25, 0.3) is 0 Å². The molecule has 1 rings (SSSR count).